The molecule has 2 aliphatic rings. The molecule has 1 aromatic heterocycles. The predicted octanol–water partition coefficient (Wildman–Crippen LogP) is 3.20. The van der Waals surface area contributed by atoms with Crippen molar-refractivity contribution >= 4 is 68.4 Å². The molecule has 0 unspecified atom stereocenters. The van der Waals surface area contributed by atoms with Crippen molar-refractivity contribution in [3.8, 4) is 5.75 Å². The lowest BCUT2D eigenvalue weighted by Gasteiger charge is -2.31. The number of nitrogens with zero attached hydrogens (tertiary/aromatic N) is 1. The number of para-hydroxylation sites is 1. The maximum absolute atomic E-state index is 13.4. The number of benzene rings is 2. The molecule has 0 aliphatic carbocycles. The second-order valence-corrected chi connectivity index (χ2v) is 11.8. The van der Waals surface area contributed by atoms with E-state index in [2.05, 4.69) is 26.2 Å². The van der Waals surface area contributed by atoms with Gasteiger partial charge in [0.05, 0.1) is 10.9 Å². The maximum Gasteiger partial charge on any atom is 0.323 e. The van der Waals surface area contributed by atoms with E-state index < -0.39 is 47.3 Å². The number of thioether (sulfide) groups is 1. The molecule has 2 aliphatic heterocycles. The van der Waals surface area contributed by atoms with Crippen molar-refractivity contribution in [3.05, 3.63) is 72.6 Å². The summed E-state index contributed by atoms with van der Waals surface area (Å²) in [5, 5.41) is 11.6. The number of aliphatic carboxylic acids is 1. The Balaban J connectivity index is 1.50. The Labute approximate surface area is 232 Å². The van der Waals surface area contributed by atoms with E-state index in [0.717, 1.165) is 33.6 Å². The summed E-state index contributed by atoms with van der Waals surface area (Å²) in [6.07, 6.45) is 0. The number of aromatic nitrogens is 1. The number of hydrogen-bond acceptors (Lipinski definition) is 8. The lowest BCUT2D eigenvalue weighted by atomic mass is 9.82. The third-order valence-electron chi connectivity index (χ3n) is 6.29. The highest BCUT2D eigenvalue weighted by Gasteiger charge is 2.56. The van der Waals surface area contributed by atoms with Crippen molar-refractivity contribution in [1.29, 1.82) is 0 Å². The number of thiazole rings is 1. The molecule has 3 aromatic rings. The Bertz CT molecular complexity index is 1540. The Morgan fingerprint density at radius 2 is 1.92 bits per heavy atom. The summed E-state index contributed by atoms with van der Waals surface area (Å²) in [6, 6.07) is 12.4. The number of halogens is 1. The van der Waals surface area contributed by atoms with E-state index in [1.54, 1.807) is 30.3 Å². The van der Waals surface area contributed by atoms with E-state index >= 15 is 0 Å². The quantitative estimate of drug-likeness (QED) is 0.343. The molecule has 0 saturated carbocycles. The van der Waals surface area contributed by atoms with E-state index in [9.17, 15) is 29.1 Å². The first kappa shape index (κ1) is 26.2. The number of aryl methyl sites for hydroxylation is 1. The van der Waals surface area contributed by atoms with E-state index in [1.165, 1.54) is 0 Å². The third-order valence-corrected chi connectivity index (χ3v) is 9.19. The number of hydrogen-bond donors (Lipinski definition) is 3. The molecule has 0 radical (unpaired) electrons. The van der Waals surface area contributed by atoms with Crippen molar-refractivity contribution in [2.24, 2.45) is 5.92 Å². The smallest absolute Gasteiger partial charge is 0.323 e. The van der Waals surface area contributed by atoms with Crippen LogP contribution >= 0.6 is 39.0 Å². The van der Waals surface area contributed by atoms with E-state index in [1.807, 2.05) is 19.1 Å². The minimum atomic E-state index is -1.30. The molecule has 10 nitrogen and oxygen atoms in total. The molecular formula is C25H20BrN3O7S2. The molecule has 3 amide bonds. The number of anilines is 1. The highest BCUT2D eigenvalue weighted by atomic mass is 79.9. The van der Waals surface area contributed by atoms with Crippen molar-refractivity contribution < 1.29 is 29.0 Å². The molecule has 2 aromatic carbocycles. The van der Waals surface area contributed by atoms with Crippen LogP contribution in [0, 0.1) is 12.8 Å². The number of carbonyl (C=O) groups is 4. The maximum atomic E-state index is 13.4. The molecule has 38 heavy (non-hydrogen) atoms. The lowest BCUT2D eigenvalue weighted by molar-refractivity contribution is -0.149. The van der Waals surface area contributed by atoms with Crippen LogP contribution < -0.4 is 14.9 Å². The third kappa shape index (κ3) is 4.88. The summed E-state index contributed by atoms with van der Waals surface area (Å²) in [5.74, 6) is -4.38. The number of aromatic amines is 1. The van der Waals surface area contributed by atoms with Gasteiger partial charge in [-0.05, 0) is 36.8 Å². The second kappa shape index (κ2) is 10.4. The Kier molecular flexibility index (Phi) is 7.16. The van der Waals surface area contributed by atoms with Gasteiger partial charge in [0.25, 0.3) is 5.91 Å². The molecule has 5 rings (SSSR count). The van der Waals surface area contributed by atoms with Crippen LogP contribution in [0.4, 0.5) is 5.69 Å². The highest BCUT2D eigenvalue weighted by molar-refractivity contribution is 9.10. The van der Waals surface area contributed by atoms with Crippen LogP contribution in [-0.2, 0) is 19.2 Å². The van der Waals surface area contributed by atoms with Gasteiger partial charge in [-0.15, -0.1) is 0 Å². The molecule has 1 saturated heterocycles. The first-order valence-electron chi connectivity index (χ1n) is 11.4. The Morgan fingerprint density at radius 3 is 2.66 bits per heavy atom. The van der Waals surface area contributed by atoms with Gasteiger partial charge in [0.2, 0.25) is 11.8 Å². The van der Waals surface area contributed by atoms with Gasteiger partial charge in [-0.25, -0.2) is 0 Å². The van der Waals surface area contributed by atoms with Crippen LogP contribution in [0.2, 0.25) is 0 Å². The minimum Gasteiger partial charge on any atom is -0.483 e. The number of likely N-dealkylation sites (tertiary alicyclic amines) is 1. The van der Waals surface area contributed by atoms with Crippen LogP contribution in [0.1, 0.15) is 21.9 Å². The fraction of sp³-hybridized carbons (Fsp3) is 0.240. The standard InChI is InChI=1S/C25H20BrN3O7S2/c1-11-4-2-3-5-14(11)27-16(30)10-36-15-7-6-12(26)8-13(15)18-19-21(37-22-20(18)38-25(35)28-22)24(34)29(23(19)33)9-17(31)32/h2-8,18-19,21H,9-10H2,1H3,(H,27,30)(H,28,35)(H,31,32)/t18-,19+,21-/m0/s1. The number of amides is 3. The number of carboxylic acids is 1. The molecule has 3 atom stereocenters. The fourth-order valence-corrected chi connectivity index (χ4v) is 7.54. The summed E-state index contributed by atoms with van der Waals surface area (Å²) < 4.78 is 6.57. The van der Waals surface area contributed by atoms with Crippen molar-refractivity contribution in [2.75, 3.05) is 18.5 Å². The van der Waals surface area contributed by atoms with Gasteiger partial charge >= 0.3 is 10.8 Å². The number of rotatable bonds is 7. The van der Waals surface area contributed by atoms with Crippen LogP contribution in [-0.4, -0.2) is 57.1 Å². The van der Waals surface area contributed by atoms with Gasteiger partial charge in [0.1, 0.15) is 17.5 Å². The zero-order valence-corrected chi connectivity index (χ0v) is 22.9. The van der Waals surface area contributed by atoms with Crippen molar-refractivity contribution in [2.45, 2.75) is 23.1 Å². The number of fused-ring (bicyclic) bond motifs is 2. The lowest BCUT2D eigenvalue weighted by Crippen LogP contribution is -2.36. The first-order valence-corrected chi connectivity index (χ1v) is 13.9. The molecule has 13 heteroatoms. The van der Waals surface area contributed by atoms with Gasteiger partial charge in [-0.3, -0.25) is 28.9 Å². The van der Waals surface area contributed by atoms with Crippen molar-refractivity contribution in [1.82, 2.24) is 9.88 Å². The number of carbonyl (C=O) groups excluding carboxylic acids is 3. The van der Waals surface area contributed by atoms with E-state index in [-0.39, 0.29) is 11.5 Å². The fourth-order valence-electron chi connectivity index (χ4n) is 4.64. The van der Waals surface area contributed by atoms with Crippen LogP contribution in [0.3, 0.4) is 0 Å². The van der Waals surface area contributed by atoms with E-state index in [0.29, 0.717) is 31.4 Å². The van der Waals surface area contributed by atoms with Crippen LogP contribution in [0.25, 0.3) is 0 Å². The van der Waals surface area contributed by atoms with Gasteiger partial charge in [0.15, 0.2) is 6.61 Å². The largest absolute Gasteiger partial charge is 0.483 e. The molecule has 0 bridgehead atoms. The highest BCUT2D eigenvalue weighted by Crippen LogP contribution is 2.54. The number of ether oxygens (including phenoxy) is 1. The minimum absolute atomic E-state index is 0.299. The number of carboxylic acid groups (broad SMARTS) is 1. The molecule has 3 N–H and O–H groups in total. The Hall–Kier alpha value is -3.42. The summed E-state index contributed by atoms with van der Waals surface area (Å²) in [6.45, 7) is 0.796. The van der Waals surface area contributed by atoms with Crippen LogP contribution in [0.15, 0.2) is 56.8 Å². The predicted molar refractivity (Wildman–Crippen MR) is 144 cm³/mol. The first-order chi connectivity index (χ1) is 18.1. The summed E-state index contributed by atoms with van der Waals surface area (Å²) >= 11 is 5.41. The normalized spacial score (nSPS) is 20.2. The summed E-state index contributed by atoms with van der Waals surface area (Å²) in [7, 11) is 0. The molecule has 1 fully saturated rings. The average molecular weight is 618 g/mol. The molecule has 3 heterocycles. The zero-order chi connectivity index (χ0) is 27.1. The monoisotopic (exact) mass is 617 g/mol. The Morgan fingerprint density at radius 1 is 1.16 bits per heavy atom. The van der Waals surface area contributed by atoms with Gasteiger partial charge in [0, 0.05) is 26.5 Å². The topological polar surface area (TPSA) is 146 Å². The summed E-state index contributed by atoms with van der Waals surface area (Å²) in [4.78, 5) is 66.5. The molecule has 0 spiro atoms. The van der Waals surface area contributed by atoms with E-state index in [4.69, 9.17) is 4.74 Å². The SMILES string of the molecule is Cc1ccccc1NC(=O)COc1ccc(Br)cc1[C@@H]1c2sc(=O)[nH]c2S[C@@H]2C(=O)N(CC(=O)O)C(=O)[C@H]12. The van der Waals surface area contributed by atoms with Gasteiger partial charge < -0.3 is 20.1 Å². The zero-order valence-electron chi connectivity index (χ0n) is 19.7. The van der Waals surface area contributed by atoms with Gasteiger partial charge in [-0.2, -0.15) is 0 Å². The number of H-pyrrole nitrogens is 1. The summed E-state index contributed by atoms with van der Waals surface area (Å²) in [5.41, 5.74) is 2.04. The number of imide groups is 1. The average Bonchev–Trinajstić information content (AvgIpc) is 3.35. The number of nitrogens with one attached hydrogen (secondary N) is 2. The van der Waals surface area contributed by atoms with Crippen molar-refractivity contribution in [3.63, 3.8) is 0 Å². The van der Waals surface area contributed by atoms with Crippen LogP contribution in [0.5, 0.6) is 5.75 Å². The van der Waals surface area contributed by atoms with Gasteiger partial charge in [-0.1, -0.05) is 57.2 Å². The second-order valence-electron chi connectivity index (χ2n) is 8.74. The molecular weight excluding hydrogens is 598 g/mol. The molecule has 196 valence electrons.